The van der Waals surface area contributed by atoms with E-state index in [1.54, 1.807) is 29.3 Å². The van der Waals surface area contributed by atoms with Gasteiger partial charge in [0.25, 0.3) is 5.91 Å². The van der Waals surface area contributed by atoms with Crippen molar-refractivity contribution in [3.8, 4) is 6.07 Å². The van der Waals surface area contributed by atoms with E-state index < -0.39 is 18.0 Å². The lowest BCUT2D eigenvalue weighted by molar-refractivity contribution is -0.117. The number of pyridine rings is 1. The molecule has 10 heteroatoms. The van der Waals surface area contributed by atoms with Crippen molar-refractivity contribution in [3.63, 3.8) is 0 Å². The summed E-state index contributed by atoms with van der Waals surface area (Å²) in [7, 11) is 0. The smallest absolute Gasteiger partial charge is 0.256 e. The summed E-state index contributed by atoms with van der Waals surface area (Å²) in [6.07, 6.45) is 1.42. The quantitative estimate of drug-likeness (QED) is 0.454. The van der Waals surface area contributed by atoms with Crippen LogP contribution in [-0.2, 0) is 4.79 Å². The van der Waals surface area contributed by atoms with Gasteiger partial charge in [-0.05, 0) is 42.0 Å². The molecule has 2 amide bonds. The summed E-state index contributed by atoms with van der Waals surface area (Å²) in [6, 6.07) is 19.4. The van der Waals surface area contributed by atoms with Gasteiger partial charge in [0.05, 0.1) is 29.9 Å². The first-order chi connectivity index (χ1) is 16.4. The van der Waals surface area contributed by atoms with Crippen molar-refractivity contribution in [1.29, 1.82) is 5.26 Å². The highest BCUT2D eigenvalue weighted by Crippen LogP contribution is 2.18. The number of hydrogen-bond acceptors (Lipinski definition) is 8. The normalized spacial score (nSPS) is 15.7. The van der Waals surface area contributed by atoms with E-state index in [-0.39, 0.29) is 11.7 Å². The molecule has 4 rings (SSSR count). The van der Waals surface area contributed by atoms with Crippen LogP contribution in [0.25, 0.3) is 0 Å². The van der Waals surface area contributed by atoms with Gasteiger partial charge < -0.3 is 22.1 Å². The number of rotatable bonds is 5. The molecule has 1 aromatic heterocycles. The predicted molar refractivity (Wildman–Crippen MR) is 128 cm³/mol. The van der Waals surface area contributed by atoms with Gasteiger partial charge in [0, 0.05) is 11.8 Å². The number of amides is 2. The summed E-state index contributed by atoms with van der Waals surface area (Å²) in [5.74, 6) is -0.256. The van der Waals surface area contributed by atoms with E-state index >= 15 is 0 Å². The minimum absolute atomic E-state index is 0.230. The predicted octanol–water partition coefficient (Wildman–Crippen LogP) is 1.48. The average molecular weight is 454 g/mol. The Hall–Kier alpha value is -4.59. The van der Waals surface area contributed by atoms with Crippen LogP contribution in [0.1, 0.15) is 27.5 Å². The van der Waals surface area contributed by atoms with Crippen molar-refractivity contribution < 1.29 is 9.59 Å². The Balaban J connectivity index is 1.39. The summed E-state index contributed by atoms with van der Waals surface area (Å²) in [4.78, 5) is 29.2. The van der Waals surface area contributed by atoms with Crippen molar-refractivity contribution in [2.75, 3.05) is 16.9 Å². The van der Waals surface area contributed by atoms with Gasteiger partial charge in [0.15, 0.2) is 0 Å². The molecule has 0 radical (unpaired) electrons. The number of nitriles is 1. The number of carbonyl (C=O) groups excluding carboxylic acids is 2. The van der Waals surface area contributed by atoms with E-state index in [1.807, 2.05) is 36.4 Å². The van der Waals surface area contributed by atoms with Crippen LogP contribution in [0.2, 0.25) is 0 Å². The summed E-state index contributed by atoms with van der Waals surface area (Å²) >= 11 is 0. The Morgan fingerprint density at radius 2 is 1.82 bits per heavy atom. The number of benzene rings is 2. The molecule has 2 atom stereocenters. The van der Waals surface area contributed by atoms with E-state index in [0.717, 1.165) is 5.69 Å². The number of amidine groups is 1. The number of para-hydroxylation sites is 1. The number of nitrogens with zero attached hydrogens (tertiary/aromatic N) is 4. The second-order valence-electron chi connectivity index (χ2n) is 7.59. The minimum Gasteiger partial charge on any atom is -0.320 e. The summed E-state index contributed by atoms with van der Waals surface area (Å²) in [5, 5.41) is 20.5. The van der Waals surface area contributed by atoms with Crippen LogP contribution in [0.15, 0.2) is 78.0 Å². The lowest BCUT2D eigenvalue weighted by atomic mass is 10.0. The second kappa shape index (κ2) is 9.91. The molecule has 6 N–H and O–H groups in total. The number of nitrogens with one attached hydrogen (secondary N) is 2. The van der Waals surface area contributed by atoms with Crippen molar-refractivity contribution in [3.05, 3.63) is 89.6 Å². The number of hydrogen-bond donors (Lipinski definition) is 4. The molecule has 2 unspecified atom stereocenters. The Bertz CT molecular complexity index is 1270. The zero-order valence-electron chi connectivity index (χ0n) is 18.1. The monoisotopic (exact) mass is 454 g/mol. The first kappa shape index (κ1) is 22.6. The van der Waals surface area contributed by atoms with E-state index in [0.29, 0.717) is 29.1 Å². The van der Waals surface area contributed by atoms with E-state index in [4.69, 9.17) is 16.7 Å². The highest BCUT2D eigenvalue weighted by Gasteiger charge is 2.26. The molecule has 2 heterocycles. The number of nitrogens with two attached hydrogens (primary N) is 2. The topological polar surface area (TPSA) is 163 Å². The molecular formula is C24H22N8O2. The zero-order valence-corrected chi connectivity index (χ0v) is 18.1. The molecular weight excluding hydrogens is 432 g/mol. The SMILES string of the molecule is N#Cc1ccnc(NC(=O)C(N)c2ccc(C(=O)NC3=NN(c4ccccc4)CC3N)cc2)c1. The summed E-state index contributed by atoms with van der Waals surface area (Å²) in [5.41, 5.74) is 14.3. The Labute approximate surface area is 195 Å². The number of hydrazone groups is 1. The molecule has 2 aromatic carbocycles. The fourth-order valence-electron chi connectivity index (χ4n) is 3.35. The Kier molecular flexibility index (Phi) is 6.59. The van der Waals surface area contributed by atoms with Crippen molar-refractivity contribution >= 4 is 29.2 Å². The standard InChI is InChI=1S/C24H22N8O2/c25-13-15-10-11-28-20(12-15)29-24(34)21(27)16-6-8-17(9-7-16)23(33)30-22-19(26)14-32(31-22)18-4-2-1-3-5-18/h1-12,19,21H,14,26-27H2,(H,28,29,34)(H,30,31,33). The molecule has 0 fully saturated rings. The highest BCUT2D eigenvalue weighted by molar-refractivity contribution is 6.09. The first-order valence-electron chi connectivity index (χ1n) is 10.4. The van der Waals surface area contributed by atoms with Crippen molar-refractivity contribution in [2.24, 2.45) is 16.6 Å². The van der Waals surface area contributed by atoms with E-state index in [9.17, 15) is 9.59 Å². The van der Waals surface area contributed by atoms with Gasteiger partial charge in [-0.3, -0.25) is 14.6 Å². The maximum Gasteiger partial charge on any atom is 0.256 e. The number of carbonyl (C=O) groups is 2. The second-order valence-corrected chi connectivity index (χ2v) is 7.59. The van der Waals surface area contributed by atoms with Crippen LogP contribution in [0.4, 0.5) is 11.5 Å². The minimum atomic E-state index is -0.989. The maximum atomic E-state index is 12.7. The molecule has 1 aliphatic rings. The molecule has 0 spiro atoms. The average Bonchev–Trinajstić information content (AvgIpc) is 3.24. The zero-order chi connectivity index (χ0) is 24.1. The summed E-state index contributed by atoms with van der Waals surface area (Å²) in [6.45, 7) is 0.453. The molecule has 0 bridgehead atoms. The highest BCUT2D eigenvalue weighted by atomic mass is 16.2. The molecule has 10 nitrogen and oxygen atoms in total. The largest absolute Gasteiger partial charge is 0.320 e. The molecule has 1 aliphatic heterocycles. The number of anilines is 2. The third kappa shape index (κ3) is 5.07. The van der Waals surface area contributed by atoms with Crippen LogP contribution in [-0.4, -0.2) is 35.2 Å². The van der Waals surface area contributed by atoms with Gasteiger partial charge in [0.1, 0.15) is 17.7 Å². The lowest BCUT2D eigenvalue weighted by Crippen LogP contribution is -2.43. The Morgan fingerprint density at radius 1 is 1.09 bits per heavy atom. The molecule has 0 saturated carbocycles. The molecule has 34 heavy (non-hydrogen) atoms. The molecule has 170 valence electrons. The first-order valence-corrected chi connectivity index (χ1v) is 10.4. The van der Waals surface area contributed by atoms with Gasteiger partial charge in [-0.25, -0.2) is 4.98 Å². The fraction of sp³-hybridized carbons (Fsp3) is 0.125. The van der Waals surface area contributed by atoms with E-state index in [1.165, 1.54) is 18.3 Å². The van der Waals surface area contributed by atoms with Crippen LogP contribution in [0, 0.1) is 11.3 Å². The van der Waals surface area contributed by atoms with Crippen LogP contribution in [0.3, 0.4) is 0 Å². The van der Waals surface area contributed by atoms with Gasteiger partial charge in [-0.1, -0.05) is 30.3 Å². The summed E-state index contributed by atoms with van der Waals surface area (Å²) < 4.78 is 0. The lowest BCUT2D eigenvalue weighted by Gasteiger charge is -2.13. The van der Waals surface area contributed by atoms with Gasteiger partial charge >= 0.3 is 0 Å². The molecule has 3 aromatic rings. The van der Waals surface area contributed by atoms with Gasteiger partial charge in [0.2, 0.25) is 5.91 Å². The van der Waals surface area contributed by atoms with Crippen LogP contribution < -0.4 is 27.1 Å². The Morgan fingerprint density at radius 3 is 2.53 bits per heavy atom. The van der Waals surface area contributed by atoms with Crippen LogP contribution in [0.5, 0.6) is 0 Å². The third-order valence-corrected chi connectivity index (χ3v) is 5.20. The van der Waals surface area contributed by atoms with Crippen molar-refractivity contribution in [1.82, 2.24) is 10.3 Å². The van der Waals surface area contributed by atoms with Gasteiger partial charge in [-0.15, -0.1) is 0 Å². The van der Waals surface area contributed by atoms with E-state index in [2.05, 4.69) is 20.7 Å². The van der Waals surface area contributed by atoms with Gasteiger partial charge in [-0.2, -0.15) is 10.4 Å². The van der Waals surface area contributed by atoms with Crippen molar-refractivity contribution in [2.45, 2.75) is 12.1 Å². The van der Waals surface area contributed by atoms with Crippen LogP contribution >= 0.6 is 0 Å². The number of aromatic nitrogens is 1. The third-order valence-electron chi connectivity index (χ3n) is 5.20. The fourth-order valence-corrected chi connectivity index (χ4v) is 3.35. The molecule has 0 aliphatic carbocycles. The maximum absolute atomic E-state index is 12.7. The molecule has 0 saturated heterocycles.